The van der Waals surface area contributed by atoms with Gasteiger partial charge in [0.1, 0.15) is 5.82 Å². The number of aryl methyl sites for hydroxylation is 1. The molecule has 1 aliphatic carbocycles. The fourth-order valence-corrected chi connectivity index (χ4v) is 3.45. The number of hydrogen-bond acceptors (Lipinski definition) is 4. The van der Waals surface area contributed by atoms with Crippen molar-refractivity contribution in [3.05, 3.63) is 40.4 Å². The van der Waals surface area contributed by atoms with E-state index in [1.807, 2.05) is 12.1 Å². The average Bonchev–Trinajstić information content (AvgIpc) is 2.89. The number of nitrogen functional groups attached to an aromatic ring is 1. The lowest BCUT2D eigenvalue weighted by molar-refractivity contribution is 0.102. The van der Waals surface area contributed by atoms with Gasteiger partial charge in [-0.1, -0.05) is 6.07 Å². The molecule has 0 radical (unpaired) electrons. The molecule has 0 saturated carbocycles. The van der Waals surface area contributed by atoms with Crippen molar-refractivity contribution >= 4 is 28.1 Å². The number of nitrogens with one attached hydrogen (secondary N) is 1. The molecule has 2 aromatic heterocycles. The van der Waals surface area contributed by atoms with E-state index in [9.17, 15) is 4.79 Å². The molecule has 2 aromatic rings. The van der Waals surface area contributed by atoms with Crippen LogP contribution in [0.4, 0.5) is 10.8 Å². The first kappa shape index (κ1) is 11.2. The lowest BCUT2D eigenvalue weighted by Gasteiger charge is -2.05. The number of pyridine rings is 1. The summed E-state index contributed by atoms with van der Waals surface area (Å²) in [6.07, 6.45) is 4.76. The number of carbonyl (C=O) groups excluding carboxylic acids is 1. The normalized spacial score (nSPS) is 13.3. The van der Waals surface area contributed by atoms with Crippen LogP contribution in [-0.2, 0) is 12.8 Å². The standard InChI is InChI=1S/C13H13N3OS/c14-12-11(8-4-3-5-9(8)18-12)13(17)16-10-6-1-2-7-15-10/h1-2,6-7H,3-5,14H2,(H,15,16,17). The molecule has 0 saturated heterocycles. The molecule has 0 aromatic carbocycles. The summed E-state index contributed by atoms with van der Waals surface area (Å²) in [6, 6.07) is 5.41. The monoisotopic (exact) mass is 259 g/mol. The van der Waals surface area contributed by atoms with E-state index in [0.717, 1.165) is 24.8 Å². The Morgan fingerprint density at radius 1 is 1.39 bits per heavy atom. The zero-order valence-corrected chi connectivity index (χ0v) is 10.6. The van der Waals surface area contributed by atoms with Crippen LogP contribution in [0.3, 0.4) is 0 Å². The van der Waals surface area contributed by atoms with Gasteiger partial charge in [-0.2, -0.15) is 0 Å². The van der Waals surface area contributed by atoms with Crippen molar-refractivity contribution in [3.8, 4) is 0 Å². The van der Waals surface area contributed by atoms with E-state index in [0.29, 0.717) is 16.4 Å². The van der Waals surface area contributed by atoms with Gasteiger partial charge in [0, 0.05) is 11.1 Å². The van der Waals surface area contributed by atoms with Gasteiger partial charge in [0.05, 0.1) is 10.6 Å². The van der Waals surface area contributed by atoms with Crippen molar-refractivity contribution < 1.29 is 4.79 Å². The van der Waals surface area contributed by atoms with E-state index in [2.05, 4.69) is 10.3 Å². The number of aromatic nitrogens is 1. The molecule has 92 valence electrons. The molecule has 0 bridgehead atoms. The highest BCUT2D eigenvalue weighted by Crippen LogP contribution is 2.37. The smallest absolute Gasteiger partial charge is 0.260 e. The maximum absolute atomic E-state index is 12.2. The first-order valence-corrected chi connectivity index (χ1v) is 6.70. The van der Waals surface area contributed by atoms with Crippen LogP contribution in [0.15, 0.2) is 24.4 Å². The van der Waals surface area contributed by atoms with E-state index < -0.39 is 0 Å². The zero-order valence-electron chi connectivity index (χ0n) is 9.77. The minimum absolute atomic E-state index is 0.148. The molecular formula is C13H13N3OS. The van der Waals surface area contributed by atoms with E-state index in [4.69, 9.17) is 5.73 Å². The summed E-state index contributed by atoms with van der Waals surface area (Å²) in [4.78, 5) is 17.6. The number of anilines is 2. The second kappa shape index (κ2) is 4.42. The molecule has 3 N–H and O–H groups in total. The van der Waals surface area contributed by atoms with E-state index in [-0.39, 0.29) is 5.91 Å². The summed E-state index contributed by atoms with van der Waals surface area (Å²) in [6.45, 7) is 0. The minimum atomic E-state index is -0.148. The predicted octanol–water partition coefficient (Wildman–Crippen LogP) is 2.47. The zero-order chi connectivity index (χ0) is 12.5. The van der Waals surface area contributed by atoms with Gasteiger partial charge in [-0.25, -0.2) is 4.98 Å². The van der Waals surface area contributed by atoms with Gasteiger partial charge < -0.3 is 11.1 Å². The van der Waals surface area contributed by atoms with Gasteiger partial charge in [0.25, 0.3) is 5.91 Å². The van der Waals surface area contributed by atoms with Crippen molar-refractivity contribution in [3.63, 3.8) is 0 Å². The largest absolute Gasteiger partial charge is 0.390 e. The summed E-state index contributed by atoms with van der Waals surface area (Å²) < 4.78 is 0. The number of rotatable bonds is 2. The molecule has 5 heteroatoms. The molecule has 3 rings (SSSR count). The van der Waals surface area contributed by atoms with Crippen molar-refractivity contribution in [1.29, 1.82) is 0 Å². The first-order valence-electron chi connectivity index (χ1n) is 5.88. The van der Waals surface area contributed by atoms with Crippen LogP contribution >= 0.6 is 11.3 Å². The van der Waals surface area contributed by atoms with Crippen LogP contribution in [0, 0.1) is 0 Å². The third-order valence-corrected chi connectivity index (χ3v) is 4.20. The highest BCUT2D eigenvalue weighted by molar-refractivity contribution is 7.16. The molecule has 0 fully saturated rings. The fraction of sp³-hybridized carbons (Fsp3) is 0.231. The number of amides is 1. The molecule has 18 heavy (non-hydrogen) atoms. The topological polar surface area (TPSA) is 68.0 Å². The van der Waals surface area contributed by atoms with Gasteiger partial charge in [-0.05, 0) is 37.0 Å². The molecule has 0 aliphatic heterocycles. The quantitative estimate of drug-likeness (QED) is 0.870. The third kappa shape index (κ3) is 1.86. The summed E-state index contributed by atoms with van der Waals surface area (Å²) >= 11 is 1.54. The summed E-state index contributed by atoms with van der Waals surface area (Å²) in [7, 11) is 0. The fourth-order valence-electron chi connectivity index (χ4n) is 2.29. The average molecular weight is 259 g/mol. The summed E-state index contributed by atoms with van der Waals surface area (Å²) in [5.41, 5.74) is 7.73. The molecule has 0 unspecified atom stereocenters. The maximum atomic E-state index is 12.2. The molecule has 2 heterocycles. The molecule has 0 spiro atoms. The van der Waals surface area contributed by atoms with Gasteiger partial charge in [-0.15, -0.1) is 11.3 Å². The lowest BCUT2D eigenvalue weighted by atomic mass is 10.1. The highest BCUT2D eigenvalue weighted by atomic mass is 32.1. The molecule has 4 nitrogen and oxygen atoms in total. The molecule has 1 aliphatic rings. The lowest BCUT2D eigenvalue weighted by Crippen LogP contribution is -2.15. The first-order chi connectivity index (χ1) is 8.75. The maximum Gasteiger partial charge on any atom is 0.260 e. The Bertz CT molecular complexity index is 592. The van der Waals surface area contributed by atoms with Gasteiger partial charge >= 0.3 is 0 Å². The second-order valence-electron chi connectivity index (χ2n) is 4.27. The van der Waals surface area contributed by atoms with Crippen molar-refractivity contribution in [2.45, 2.75) is 19.3 Å². The molecular weight excluding hydrogens is 246 g/mol. The Morgan fingerprint density at radius 2 is 2.28 bits per heavy atom. The van der Waals surface area contributed by atoms with Gasteiger partial charge in [0.2, 0.25) is 0 Å². The molecule has 1 amide bonds. The SMILES string of the molecule is Nc1sc2c(c1C(=O)Nc1ccccn1)CCC2. The van der Waals surface area contributed by atoms with Crippen LogP contribution in [0.25, 0.3) is 0 Å². The Kier molecular flexibility index (Phi) is 2.76. The minimum Gasteiger partial charge on any atom is -0.390 e. The van der Waals surface area contributed by atoms with E-state index in [1.165, 1.54) is 16.2 Å². The Balaban J connectivity index is 1.89. The Morgan fingerprint density at radius 3 is 3.06 bits per heavy atom. The van der Waals surface area contributed by atoms with E-state index in [1.54, 1.807) is 12.3 Å². The second-order valence-corrected chi connectivity index (χ2v) is 5.40. The Hall–Kier alpha value is -1.88. The summed E-state index contributed by atoms with van der Waals surface area (Å²) in [5.74, 6) is 0.408. The molecule has 0 atom stereocenters. The number of nitrogens with zero attached hydrogens (tertiary/aromatic N) is 1. The number of hydrogen-bond donors (Lipinski definition) is 2. The number of fused-ring (bicyclic) bond motifs is 1. The van der Waals surface area contributed by atoms with Crippen LogP contribution in [0.1, 0.15) is 27.2 Å². The van der Waals surface area contributed by atoms with Crippen LogP contribution in [0.5, 0.6) is 0 Å². The highest BCUT2D eigenvalue weighted by Gasteiger charge is 2.25. The predicted molar refractivity (Wildman–Crippen MR) is 72.9 cm³/mol. The van der Waals surface area contributed by atoms with Crippen LogP contribution in [0.2, 0.25) is 0 Å². The number of thiophene rings is 1. The van der Waals surface area contributed by atoms with Gasteiger partial charge in [0.15, 0.2) is 0 Å². The van der Waals surface area contributed by atoms with Crippen molar-refractivity contribution in [2.24, 2.45) is 0 Å². The van der Waals surface area contributed by atoms with Crippen LogP contribution in [-0.4, -0.2) is 10.9 Å². The van der Waals surface area contributed by atoms with Crippen molar-refractivity contribution in [2.75, 3.05) is 11.1 Å². The van der Waals surface area contributed by atoms with E-state index >= 15 is 0 Å². The Labute approximate surface area is 109 Å². The number of carbonyl (C=O) groups is 1. The number of nitrogens with two attached hydrogens (primary N) is 1. The van der Waals surface area contributed by atoms with Crippen molar-refractivity contribution in [1.82, 2.24) is 4.98 Å². The van der Waals surface area contributed by atoms with Gasteiger partial charge in [-0.3, -0.25) is 4.79 Å². The third-order valence-electron chi connectivity index (χ3n) is 3.08. The summed E-state index contributed by atoms with van der Waals surface area (Å²) in [5, 5.41) is 3.41. The van der Waals surface area contributed by atoms with Crippen LogP contribution < -0.4 is 11.1 Å².